The highest BCUT2D eigenvalue weighted by molar-refractivity contribution is 7.60. The molecule has 0 spiro atoms. The van der Waals surface area contributed by atoms with Crippen LogP contribution in [0.1, 0.15) is 18.2 Å². The molecule has 0 radical (unpaired) electrons. The molecule has 2 aliphatic heterocycles. The molecule has 3 rings (SSSR count). The summed E-state index contributed by atoms with van der Waals surface area (Å²) in [7, 11) is -10.3. The van der Waals surface area contributed by atoms with Crippen LogP contribution in [0.5, 0.6) is 0 Å². The quantitative estimate of drug-likeness (QED) is 0.346. The minimum Gasteiger partial charge on any atom is -0.390 e. The Bertz CT molecular complexity index is 854. The monoisotopic (exact) mass is 429 g/mol. The Balaban J connectivity index is 1.67. The van der Waals surface area contributed by atoms with E-state index in [9.17, 15) is 23.9 Å². The maximum atomic E-state index is 12.1. The van der Waals surface area contributed by atoms with Crippen molar-refractivity contribution in [3.63, 3.8) is 0 Å². The van der Waals surface area contributed by atoms with Crippen molar-refractivity contribution in [3.8, 4) is 0 Å². The molecule has 0 saturated carbocycles. The number of hydrogen-bond donors (Lipinski definition) is 5. The fourth-order valence-electron chi connectivity index (χ4n) is 2.63. The highest BCUT2D eigenvalue weighted by Gasteiger charge is 2.39. The van der Waals surface area contributed by atoms with Gasteiger partial charge in [-0.15, -0.1) is 0 Å². The third-order valence-corrected chi connectivity index (χ3v) is 5.95. The van der Waals surface area contributed by atoms with Crippen LogP contribution in [0, 0.1) is 0 Å². The number of rotatable bonds is 6. The molecule has 5 N–H and O–H groups in total. The predicted octanol–water partition coefficient (Wildman–Crippen LogP) is -0.982. The van der Waals surface area contributed by atoms with E-state index in [0.29, 0.717) is 18.6 Å². The maximum absolute atomic E-state index is 12.1. The highest BCUT2D eigenvalue weighted by Crippen LogP contribution is 2.57. The van der Waals surface area contributed by atoms with E-state index < -0.39 is 46.4 Å². The van der Waals surface area contributed by atoms with Gasteiger partial charge >= 0.3 is 21.3 Å². The zero-order chi connectivity index (χ0) is 19.8. The van der Waals surface area contributed by atoms with E-state index in [1.54, 1.807) is 0 Å². The van der Waals surface area contributed by atoms with Crippen LogP contribution >= 0.6 is 15.6 Å². The molecule has 3 heterocycles. The first-order valence-electron chi connectivity index (χ1n) is 7.62. The summed E-state index contributed by atoms with van der Waals surface area (Å²) in [6.45, 7) is -0.323. The summed E-state index contributed by atoms with van der Waals surface area (Å²) in [5, 5.41) is 10.0. The van der Waals surface area contributed by atoms with Crippen molar-refractivity contribution in [2.45, 2.75) is 31.3 Å². The van der Waals surface area contributed by atoms with Crippen molar-refractivity contribution in [2.24, 2.45) is 0 Å². The molecule has 1 unspecified atom stereocenters. The molecule has 0 amide bonds. The van der Waals surface area contributed by atoms with Crippen LogP contribution in [-0.2, 0) is 34.0 Å². The fraction of sp³-hybridized carbons (Fsp3) is 0.636. The predicted molar refractivity (Wildman–Crippen MR) is 85.2 cm³/mol. The van der Waals surface area contributed by atoms with Gasteiger partial charge in [0, 0.05) is 24.6 Å². The van der Waals surface area contributed by atoms with E-state index in [2.05, 4.69) is 19.3 Å². The van der Waals surface area contributed by atoms with Gasteiger partial charge in [-0.05, 0) is 0 Å². The van der Waals surface area contributed by atoms with Gasteiger partial charge in [-0.25, -0.2) is 19.4 Å². The van der Waals surface area contributed by atoms with Gasteiger partial charge in [0.15, 0.2) is 5.82 Å². The number of anilines is 1. The molecule has 2 aliphatic rings. The minimum atomic E-state index is -5.25. The molecule has 0 aromatic carbocycles. The van der Waals surface area contributed by atoms with Crippen LogP contribution < -0.4 is 11.2 Å². The number of ether oxygens (including phenoxy) is 1. The largest absolute Gasteiger partial charge is 0.481 e. The van der Waals surface area contributed by atoms with Crippen LogP contribution in [-0.4, -0.2) is 54.8 Å². The van der Waals surface area contributed by atoms with Gasteiger partial charge in [0.2, 0.25) is 0 Å². The smallest absolute Gasteiger partial charge is 0.390 e. The van der Waals surface area contributed by atoms with E-state index in [0.717, 1.165) is 0 Å². The fourth-order valence-corrected chi connectivity index (χ4v) is 4.23. The average Bonchev–Trinajstić information content (AvgIpc) is 2.91. The van der Waals surface area contributed by atoms with E-state index in [4.69, 9.17) is 19.4 Å². The van der Waals surface area contributed by atoms with Crippen molar-refractivity contribution >= 4 is 21.5 Å². The van der Waals surface area contributed by atoms with Crippen LogP contribution in [0.25, 0.3) is 0 Å². The van der Waals surface area contributed by atoms with Crippen molar-refractivity contribution in [3.05, 3.63) is 22.2 Å². The lowest BCUT2D eigenvalue weighted by Crippen LogP contribution is -2.31. The van der Waals surface area contributed by atoms with Crippen LogP contribution in [0.15, 0.2) is 11.0 Å². The topological polar surface area (TPSA) is 199 Å². The van der Waals surface area contributed by atoms with Crippen molar-refractivity contribution < 1.29 is 47.3 Å². The number of nitrogens with zero attached hydrogens (tertiary/aromatic N) is 2. The van der Waals surface area contributed by atoms with Gasteiger partial charge < -0.3 is 24.5 Å². The normalized spacial score (nSPS) is 27.6. The number of aromatic nitrogens is 2. The van der Waals surface area contributed by atoms with Crippen molar-refractivity contribution in [2.75, 3.05) is 18.7 Å². The number of aliphatic hydroxyl groups is 1. The van der Waals surface area contributed by atoms with Gasteiger partial charge in [-0.3, -0.25) is 13.9 Å². The molecular formula is C11H17N3O11P2. The molecule has 1 saturated heterocycles. The second kappa shape index (κ2) is 7.68. The Morgan fingerprint density at radius 2 is 2.11 bits per heavy atom. The summed E-state index contributed by atoms with van der Waals surface area (Å²) in [6, 6.07) is 0. The van der Waals surface area contributed by atoms with Gasteiger partial charge in [-0.2, -0.15) is 9.29 Å². The number of fused-ring (bicyclic) bond motifs is 1. The summed E-state index contributed by atoms with van der Waals surface area (Å²) in [5.41, 5.74) is 2.56. The van der Waals surface area contributed by atoms with Crippen molar-refractivity contribution in [1.29, 1.82) is 0 Å². The Kier molecular flexibility index (Phi) is 5.85. The van der Waals surface area contributed by atoms with E-state index in [1.165, 1.54) is 10.8 Å². The molecule has 0 bridgehead atoms. The molecule has 1 aromatic heterocycles. The zero-order valence-electron chi connectivity index (χ0n) is 13.6. The molecule has 16 heteroatoms. The maximum Gasteiger partial charge on any atom is 0.481 e. The highest BCUT2D eigenvalue weighted by atomic mass is 31.3. The molecule has 152 valence electrons. The second-order valence-corrected chi connectivity index (χ2v) is 8.60. The first-order chi connectivity index (χ1) is 12.5. The Hall–Kier alpha value is -1.18. The number of nitrogens with one attached hydrogen (secondary N) is 1. The molecular weight excluding hydrogens is 412 g/mol. The zero-order valence-corrected chi connectivity index (χ0v) is 15.4. The first-order valence-corrected chi connectivity index (χ1v) is 10.6. The SMILES string of the molecule is O=c1nc2c(cn1[C@H]1C[C@H](O)[C@@H](COP(=O)(O)OP(=O)(O)O)O1)CCON2. The molecule has 14 nitrogen and oxygen atoms in total. The third-order valence-electron chi connectivity index (χ3n) is 3.80. The van der Waals surface area contributed by atoms with Crippen LogP contribution in [0.4, 0.5) is 5.82 Å². The van der Waals surface area contributed by atoms with E-state index in [-0.39, 0.29) is 12.2 Å². The number of hydrogen-bond acceptors (Lipinski definition) is 10. The summed E-state index contributed by atoms with van der Waals surface area (Å²) in [5.74, 6) is 0.289. The molecule has 1 fully saturated rings. The standard InChI is InChI=1S/C11H17N3O11P2/c15-7-3-9(14-4-6-1-2-22-13-10(6)12-11(14)16)24-8(7)5-23-27(20,21)25-26(17,18)19/h4,7-9,15H,1-3,5H2,(H,20,21)(H,12,13,16)(H2,17,18,19)/t7-,8+,9+/m0/s1. The van der Waals surface area contributed by atoms with Crippen LogP contribution in [0.2, 0.25) is 0 Å². The van der Waals surface area contributed by atoms with Gasteiger partial charge in [0.25, 0.3) is 0 Å². The van der Waals surface area contributed by atoms with E-state index in [1.807, 2.05) is 0 Å². The summed E-state index contributed by atoms with van der Waals surface area (Å²) >= 11 is 0. The van der Waals surface area contributed by atoms with E-state index >= 15 is 0 Å². The number of aliphatic hydroxyl groups excluding tert-OH is 1. The summed E-state index contributed by atoms with van der Waals surface area (Å²) < 4.78 is 36.8. The summed E-state index contributed by atoms with van der Waals surface area (Å²) in [6.07, 6.45) is -1.25. The van der Waals surface area contributed by atoms with Gasteiger partial charge in [0.1, 0.15) is 12.3 Å². The Labute approximate surface area is 151 Å². The Morgan fingerprint density at radius 3 is 2.81 bits per heavy atom. The lowest BCUT2D eigenvalue weighted by Gasteiger charge is -2.20. The van der Waals surface area contributed by atoms with Crippen molar-refractivity contribution in [1.82, 2.24) is 9.55 Å². The lowest BCUT2D eigenvalue weighted by atomic mass is 10.2. The summed E-state index contributed by atoms with van der Waals surface area (Å²) in [4.78, 5) is 47.3. The molecule has 4 atom stereocenters. The third kappa shape index (κ3) is 5.21. The Morgan fingerprint density at radius 1 is 1.37 bits per heavy atom. The van der Waals surface area contributed by atoms with Gasteiger partial charge in [0.05, 0.1) is 19.3 Å². The molecule has 1 aromatic rings. The number of phosphoric acid groups is 2. The molecule has 27 heavy (non-hydrogen) atoms. The first kappa shape index (κ1) is 20.6. The van der Waals surface area contributed by atoms with Crippen LogP contribution in [0.3, 0.4) is 0 Å². The number of phosphoric ester groups is 1. The lowest BCUT2D eigenvalue weighted by molar-refractivity contribution is -0.0450. The average molecular weight is 429 g/mol. The molecule has 0 aliphatic carbocycles. The van der Waals surface area contributed by atoms with Gasteiger partial charge in [-0.1, -0.05) is 0 Å². The minimum absolute atomic E-state index is 0.0343. The second-order valence-electron chi connectivity index (χ2n) is 5.77.